The highest BCUT2D eigenvalue weighted by Crippen LogP contribution is 2.26. The number of aromatic nitrogens is 3. The molecule has 0 aromatic carbocycles. The average Bonchev–Trinajstić information content (AvgIpc) is 3.49. The third-order valence-corrected chi connectivity index (χ3v) is 7.72. The number of nitrogens with zero attached hydrogens (tertiary/aromatic N) is 6. The van der Waals surface area contributed by atoms with Crippen LogP contribution in [0.25, 0.3) is 0 Å². The Morgan fingerprint density at radius 2 is 1.22 bits per heavy atom. The van der Waals surface area contributed by atoms with Crippen LogP contribution in [-0.4, -0.2) is 116 Å². The number of rotatable bonds is 10. The van der Waals surface area contributed by atoms with Crippen molar-refractivity contribution < 1.29 is 42.9 Å². The van der Waals surface area contributed by atoms with Crippen LogP contribution in [-0.2, 0) is 23.7 Å². The van der Waals surface area contributed by atoms with Crippen LogP contribution in [0.3, 0.4) is 0 Å². The summed E-state index contributed by atoms with van der Waals surface area (Å²) in [5, 5.41) is 16.6. The Kier molecular flexibility index (Phi) is 16.3. The number of alkyl carbamates (subject to hydrolysis) is 3. The number of hydrogen-bond acceptors (Lipinski definition) is 12. The Labute approximate surface area is 325 Å². The fraction of sp³-hybridized carbons (Fsp3) is 0.784. The fourth-order valence-electron chi connectivity index (χ4n) is 5.17. The highest BCUT2D eigenvalue weighted by Gasteiger charge is 2.34. The molecule has 1 aliphatic rings. The first-order chi connectivity index (χ1) is 25.2. The van der Waals surface area contributed by atoms with Gasteiger partial charge in [-0.05, 0) is 102 Å². The maximum Gasteiger partial charge on any atom is 0.414 e. The van der Waals surface area contributed by atoms with Crippen molar-refractivity contribution in [2.24, 2.45) is 10.9 Å². The summed E-state index contributed by atoms with van der Waals surface area (Å²) in [7, 11) is 0. The number of amides is 5. The number of carbonyl (C=O) groups excluding carboxylic acids is 5. The largest absolute Gasteiger partial charge is 0.444 e. The van der Waals surface area contributed by atoms with Crippen LogP contribution in [0.4, 0.5) is 19.2 Å². The monoisotopic (exact) mass is 779 g/mol. The standard InChI is InChI=1S/C37H65N9O9/c1-15-24(2)27(39-30(48)52-34(3,4)5)25-23-46(43-42-25)26(28(47)44-19-21-45(22-20-44)33(51)55-37(12,13)14)17-16-18-38-29(40-31(49)53-35(6,7)8)41-32(50)54-36(9,10)11/h23-24,26-27H,15-22H2,1-14H3,(H,39,48)(H2,38,40,41,49,50)/t24-,26-,27-/m0/s1. The first-order valence-corrected chi connectivity index (χ1v) is 18.9. The Balaban J connectivity index is 2.37. The Morgan fingerprint density at radius 1 is 0.745 bits per heavy atom. The van der Waals surface area contributed by atoms with Gasteiger partial charge in [-0.3, -0.25) is 20.4 Å². The second kappa shape index (κ2) is 19.3. The molecule has 0 saturated carbocycles. The minimum Gasteiger partial charge on any atom is -0.444 e. The fourth-order valence-corrected chi connectivity index (χ4v) is 5.17. The summed E-state index contributed by atoms with van der Waals surface area (Å²) < 4.78 is 23.2. The van der Waals surface area contributed by atoms with Gasteiger partial charge >= 0.3 is 24.4 Å². The van der Waals surface area contributed by atoms with E-state index in [0.717, 1.165) is 0 Å². The third-order valence-electron chi connectivity index (χ3n) is 7.72. The average molecular weight is 780 g/mol. The zero-order valence-corrected chi connectivity index (χ0v) is 35.3. The molecule has 0 spiro atoms. The van der Waals surface area contributed by atoms with Crippen molar-refractivity contribution in [2.75, 3.05) is 32.7 Å². The molecule has 3 atom stereocenters. The first kappa shape index (κ1) is 46.5. The molecule has 1 saturated heterocycles. The summed E-state index contributed by atoms with van der Waals surface area (Å²) in [6, 6.07) is -1.39. The number of guanidine groups is 1. The van der Waals surface area contributed by atoms with Gasteiger partial charge in [0, 0.05) is 32.7 Å². The zero-order valence-electron chi connectivity index (χ0n) is 35.3. The van der Waals surface area contributed by atoms with Crippen molar-refractivity contribution >= 4 is 36.2 Å². The molecule has 1 aromatic heterocycles. The summed E-state index contributed by atoms with van der Waals surface area (Å²) in [5.74, 6) is -0.476. The molecule has 1 aliphatic heterocycles. The lowest BCUT2D eigenvalue weighted by Crippen LogP contribution is -2.53. The molecule has 0 bridgehead atoms. The number of hydrogen-bond donors (Lipinski definition) is 3. The molecule has 2 heterocycles. The molecule has 18 heteroatoms. The Morgan fingerprint density at radius 3 is 1.69 bits per heavy atom. The van der Waals surface area contributed by atoms with Crippen LogP contribution in [0, 0.1) is 5.92 Å². The molecular formula is C37H65N9O9. The minimum atomic E-state index is -0.843. The van der Waals surface area contributed by atoms with Gasteiger partial charge in [-0.25, -0.2) is 23.9 Å². The molecule has 5 amide bonds. The molecule has 0 radical (unpaired) electrons. The number of ether oxygens (including phenoxy) is 4. The summed E-state index contributed by atoms with van der Waals surface area (Å²) in [6.45, 7) is 26.1. The molecule has 3 N–H and O–H groups in total. The molecule has 1 fully saturated rings. The number of aliphatic imine (C=N–C) groups is 1. The van der Waals surface area contributed by atoms with Gasteiger partial charge in [0.15, 0.2) is 0 Å². The molecule has 0 unspecified atom stereocenters. The quantitative estimate of drug-likeness (QED) is 0.114. The highest BCUT2D eigenvalue weighted by atomic mass is 16.6. The maximum atomic E-state index is 14.2. The summed E-state index contributed by atoms with van der Waals surface area (Å²) in [5.41, 5.74) is -2.52. The lowest BCUT2D eigenvalue weighted by atomic mass is 9.97. The van der Waals surface area contributed by atoms with Gasteiger partial charge in [0.05, 0.1) is 12.2 Å². The molecule has 1 aromatic rings. The third kappa shape index (κ3) is 17.6. The molecule has 0 aliphatic carbocycles. The van der Waals surface area contributed by atoms with Crippen LogP contribution in [0.5, 0.6) is 0 Å². The molecule has 18 nitrogen and oxygen atoms in total. The summed E-state index contributed by atoms with van der Waals surface area (Å²) in [6.07, 6.45) is 0.207. The van der Waals surface area contributed by atoms with Gasteiger partial charge in [0.25, 0.3) is 0 Å². The Hall–Kier alpha value is -4.64. The van der Waals surface area contributed by atoms with Gasteiger partial charge in [-0.1, -0.05) is 25.5 Å². The normalized spacial score (nSPS) is 15.5. The zero-order chi connectivity index (χ0) is 41.9. The van der Waals surface area contributed by atoms with Gasteiger partial charge in [-0.2, -0.15) is 0 Å². The van der Waals surface area contributed by atoms with E-state index in [2.05, 4.69) is 31.3 Å². The van der Waals surface area contributed by atoms with Crippen LogP contribution in [0.15, 0.2) is 11.2 Å². The number of piperazine rings is 1. The predicted octanol–water partition coefficient (Wildman–Crippen LogP) is 5.70. The van der Waals surface area contributed by atoms with E-state index in [9.17, 15) is 24.0 Å². The van der Waals surface area contributed by atoms with E-state index < -0.39 is 58.9 Å². The molecular weight excluding hydrogens is 714 g/mol. The maximum absolute atomic E-state index is 14.2. The van der Waals surface area contributed by atoms with Gasteiger partial charge in [0.2, 0.25) is 11.9 Å². The summed E-state index contributed by atoms with van der Waals surface area (Å²) >= 11 is 0. The SMILES string of the molecule is CC[C@H](C)[C@H](NC(=O)OC(C)(C)C)c1cn([C@@H](CCCN=C(NC(=O)OC(C)(C)C)NC(=O)OC(C)(C)C)C(=O)N2CCN(C(=O)OC(C)(C)C)CC2)nn1. The van der Waals surface area contributed by atoms with E-state index in [0.29, 0.717) is 18.5 Å². The molecule has 312 valence electrons. The first-order valence-electron chi connectivity index (χ1n) is 18.9. The van der Waals surface area contributed by atoms with Crippen LogP contribution in [0.1, 0.15) is 134 Å². The van der Waals surface area contributed by atoms with Gasteiger partial charge in [-0.15, -0.1) is 5.10 Å². The van der Waals surface area contributed by atoms with Crippen molar-refractivity contribution in [3.05, 3.63) is 11.9 Å². The van der Waals surface area contributed by atoms with Crippen LogP contribution >= 0.6 is 0 Å². The van der Waals surface area contributed by atoms with Crippen molar-refractivity contribution in [3.63, 3.8) is 0 Å². The molecule has 2 rings (SSSR count). The number of carbonyl (C=O) groups is 5. The van der Waals surface area contributed by atoms with Crippen molar-refractivity contribution in [1.29, 1.82) is 0 Å². The van der Waals surface area contributed by atoms with E-state index in [4.69, 9.17) is 18.9 Å². The lowest BCUT2D eigenvalue weighted by Gasteiger charge is -2.37. The van der Waals surface area contributed by atoms with E-state index in [1.165, 1.54) is 4.68 Å². The van der Waals surface area contributed by atoms with E-state index in [1.54, 1.807) is 99.1 Å². The van der Waals surface area contributed by atoms with Crippen molar-refractivity contribution in [2.45, 2.75) is 151 Å². The topological polar surface area (TPSA) is 208 Å². The van der Waals surface area contributed by atoms with E-state index in [1.807, 2.05) is 13.8 Å². The molecule has 55 heavy (non-hydrogen) atoms. The minimum absolute atomic E-state index is 0.0459. The lowest BCUT2D eigenvalue weighted by molar-refractivity contribution is -0.137. The van der Waals surface area contributed by atoms with E-state index >= 15 is 0 Å². The van der Waals surface area contributed by atoms with Crippen molar-refractivity contribution in [1.82, 2.24) is 40.7 Å². The van der Waals surface area contributed by atoms with E-state index in [-0.39, 0.29) is 56.9 Å². The van der Waals surface area contributed by atoms with Gasteiger partial charge in [0.1, 0.15) is 34.1 Å². The summed E-state index contributed by atoms with van der Waals surface area (Å²) in [4.78, 5) is 72.5. The second-order valence-electron chi connectivity index (χ2n) is 17.6. The second-order valence-corrected chi connectivity index (χ2v) is 17.6. The predicted molar refractivity (Wildman–Crippen MR) is 205 cm³/mol. The number of nitrogens with one attached hydrogen (secondary N) is 3. The van der Waals surface area contributed by atoms with Crippen molar-refractivity contribution in [3.8, 4) is 0 Å². The smallest absolute Gasteiger partial charge is 0.414 e. The highest BCUT2D eigenvalue weighted by molar-refractivity contribution is 6.01. The van der Waals surface area contributed by atoms with Crippen LogP contribution in [0.2, 0.25) is 0 Å². The Bertz CT molecular complexity index is 1460. The van der Waals surface area contributed by atoms with Gasteiger partial charge < -0.3 is 34.1 Å². The van der Waals surface area contributed by atoms with Crippen LogP contribution < -0.4 is 16.0 Å².